The third kappa shape index (κ3) is 8.03. The van der Waals surface area contributed by atoms with Crippen LogP contribution in [-0.4, -0.2) is 49.5 Å². The second-order valence-corrected chi connectivity index (χ2v) is 9.63. The molecule has 0 radical (unpaired) electrons. The largest absolute Gasteiger partial charge is 0.497 e. The second kappa shape index (κ2) is 14.7. The SMILES string of the molecule is CCCOc1ccc([C@@H](C(=O)NC2CCCCCC2)N(Cc2ccc(OC)cc2)C(=O)CCl)cc1OC. The molecule has 0 saturated heterocycles. The summed E-state index contributed by atoms with van der Waals surface area (Å²) >= 11 is 6.06. The number of hydrogen-bond donors (Lipinski definition) is 1. The molecule has 8 heteroatoms. The zero-order valence-electron chi connectivity index (χ0n) is 22.1. The van der Waals surface area contributed by atoms with Crippen LogP contribution in [0.4, 0.5) is 0 Å². The van der Waals surface area contributed by atoms with Crippen LogP contribution in [0.5, 0.6) is 17.2 Å². The van der Waals surface area contributed by atoms with Gasteiger partial charge in [0, 0.05) is 12.6 Å². The van der Waals surface area contributed by atoms with Crippen molar-refractivity contribution < 1.29 is 23.8 Å². The van der Waals surface area contributed by atoms with E-state index >= 15 is 0 Å². The van der Waals surface area contributed by atoms with E-state index in [4.69, 9.17) is 25.8 Å². The number of carbonyl (C=O) groups is 2. The Morgan fingerprint density at radius 1 is 1.00 bits per heavy atom. The summed E-state index contributed by atoms with van der Waals surface area (Å²) in [4.78, 5) is 28.6. The monoisotopic (exact) mass is 530 g/mol. The van der Waals surface area contributed by atoms with Crippen molar-refractivity contribution in [2.75, 3.05) is 26.7 Å². The van der Waals surface area contributed by atoms with E-state index in [1.807, 2.05) is 37.3 Å². The lowest BCUT2D eigenvalue weighted by atomic mass is 10.0. The standard InChI is InChI=1S/C29H39ClN2O5/c1-4-17-37-25-16-13-22(18-26(25)36-3)28(29(34)31-23-9-7-5-6-8-10-23)32(27(33)19-30)20-21-11-14-24(35-2)15-12-21/h11-16,18,23,28H,4-10,17,19-20H2,1-3H3,(H,31,34)/t28-/m0/s1. The predicted molar refractivity (Wildman–Crippen MR) is 145 cm³/mol. The molecular weight excluding hydrogens is 492 g/mol. The molecular formula is C29H39ClN2O5. The Hall–Kier alpha value is -2.93. The van der Waals surface area contributed by atoms with Crippen LogP contribution >= 0.6 is 11.6 Å². The third-order valence-corrected chi connectivity index (χ3v) is 6.90. The van der Waals surface area contributed by atoms with Crippen LogP contribution in [0.1, 0.15) is 69.0 Å². The zero-order valence-corrected chi connectivity index (χ0v) is 22.9. The molecule has 0 heterocycles. The first-order chi connectivity index (χ1) is 18.0. The summed E-state index contributed by atoms with van der Waals surface area (Å²) in [6.07, 6.45) is 7.27. The first kappa shape index (κ1) is 28.6. The van der Waals surface area contributed by atoms with Crippen molar-refractivity contribution in [2.45, 2.75) is 70.5 Å². The molecule has 0 bridgehead atoms. The van der Waals surface area contributed by atoms with Gasteiger partial charge in [0.1, 0.15) is 17.7 Å². The first-order valence-corrected chi connectivity index (χ1v) is 13.6. The first-order valence-electron chi connectivity index (χ1n) is 13.1. The Bertz CT molecular complexity index is 1010. The number of nitrogens with one attached hydrogen (secondary N) is 1. The molecule has 0 aliphatic heterocycles. The highest BCUT2D eigenvalue weighted by molar-refractivity contribution is 6.27. The van der Waals surface area contributed by atoms with Gasteiger partial charge in [0.15, 0.2) is 11.5 Å². The van der Waals surface area contributed by atoms with Crippen molar-refractivity contribution >= 4 is 23.4 Å². The minimum atomic E-state index is -0.884. The molecule has 1 aliphatic rings. The Morgan fingerprint density at radius 2 is 1.70 bits per heavy atom. The molecule has 1 aliphatic carbocycles. The molecule has 1 N–H and O–H groups in total. The highest BCUT2D eigenvalue weighted by Gasteiger charge is 2.33. The van der Waals surface area contributed by atoms with Crippen molar-refractivity contribution in [2.24, 2.45) is 0 Å². The molecule has 1 fully saturated rings. The number of benzene rings is 2. The maximum absolute atomic E-state index is 13.9. The fraction of sp³-hybridized carbons (Fsp3) is 0.517. The molecule has 1 atom stereocenters. The average Bonchev–Trinajstić information content (AvgIpc) is 3.20. The van der Waals surface area contributed by atoms with Crippen molar-refractivity contribution in [1.82, 2.24) is 10.2 Å². The topological polar surface area (TPSA) is 77.1 Å². The summed E-state index contributed by atoms with van der Waals surface area (Å²) in [5.74, 6) is 1.04. The van der Waals surface area contributed by atoms with Crippen LogP contribution in [0.15, 0.2) is 42.5 Å². The summed E-state index contributed by atoms with van der Waals surface area (Å²) in [6.45, 7) is 2.80. The van der Waals surface area contributed by atoms with Gasteiger partial charge in [-0.15, -0.1) is 11.6 Å². The minimum absolute atomic E-state index is 0.0838. The molecule has 2 aromatic carbocycles. The van der Waals surface area contributed by atoms with Crippen molar-refractivity contribution in [3.8, 4) is 17.2 Å². The predicted octanol–water partition coefficient (Wildman–Crippen LogP) is 5.64. The van der Waals surface area contributed by atoms with E-state index in [9.17, 15) is 9.59 Å². The van der Waals surface area contributed by atoms with Gasteiger partial charge in [-0.3, -0.25) is 9.59 Å². The summed E-state index contributed by atoms with van der Waals surface area (Å²) in [6, 6.07) is 12.0. The lowest BCUT2D eigenvalue weighted by Crippen LogP contribution is -2.46. The Labute approximate surface area is 225 Å². The number of methoxy groups -OCH3 is 2. The van der Waals surface area contributed by atoms with E-state index < -0.39 is 6.04 Å². The normalized spacial score (nSPS) is 14.8. The van der Waals surface area contributed by atoms with Gasteiger partial charge in [-0.25, -0.2) is 0 Å². The number of alkyl halides is 1. The Kier molecular flexibility index (Phi) is 11.4. The summed E-state index contributed by atoms with van der Waals surface area (Å²) < 4.78 is 16.7. The van der Waals surface area contributed by atoms with Gasteiger partial charge in [0.05, 0.1) is 20.8 Å². The quantitative estimate of drug-likeness (QED) is 0.284. The molecule has 2 amide bonds. The Balaban J connectivity index is 1.99. The summed E-state index contributed by atoms with van der Waals surface area (Å²) in [5.41, 5.74) is 1.50. The minimum Gasteiger partial charge on any atom is -0.497 e. The number of amides is 2. The van der Waals surface area contributed by atoms with Gasteiger partial charge in [-0.2, -0.15) is 0 Å². The van der Waals surface area contributed by atoms with E-state index in [1.54, 1.807) is 31.3 Å². The maximum atomic E-state index is 13.9. The van der Waals surface area contributed by atoms with Crippen LogP contribution in [-0.2, 0) is 16.1 Å². The van der Waals surface area contributed by atoms with Gasteiger partial charge in [0.25, 0.3) is 0 Å². The van der Waals surface area contributed by atoms with Gasteiger partial charge in [-0.05, 0) is 54.7 Å². The number of carbonyl (C=O) groups excluding carboxylic acids is 2. The number of hydrogen-bond acceptors (Lipinski definition) is 5. The molecule has 0 spiro atoms. The van der Waals surface area contributed by atoms with Crippen LogP contribution in [0.3, 0.4) is 0 Å². The molecule has 7 nitrogen and oxygen atoms in total. The maximum Gasteiger partial charge on any atom is 0.247 e. The third-order valence-electron chi connectivity index (χ3n) is 6.67. The van der Waals surface area contributed by atoms with Crippen LogP contribution < -0.4 is 19.5 Å². The molecule has 0 unspecified atom stereocenters. The average molecular weight is 531 g/mol. The van der Waals surface area contributed by atoms with Crippen LogP contribution in [0, 0.1) is 0 Å². The van der Waals surface area contributed by atoms with Crippen molar-refractivity contribution in [3.05, 3.63) is 53.6 Å². The van der Waals surface area contributed by atoms with E-state index in [2.05, 4.69) is 5.32 Å². The van der Waals surface area contributed by atoms with Crippen LogP contribution in [0.25, 0.3) is 0 Å². The van der Waals surface area contributed by atoms with E-state index in [0.717, 1.165) is 37.7 Å². The van der Waals surface area contributed by atoms with Crippen molar-refractivity contribution in [1.29, 1.82) is 0 Å². The number of ether oxygens (including phenoxy) is 3. The van der Waals surface area contributed by atoms with Crippen molar-refractivity contribution in [3.63, 3.8) is 0 Å². The number of rotatable bonds is 12. The van der Waals surface area contributed by atoms with Gasteiger partial charge >= 0.3 is 0 Å². The second-order valence-electron chi connectivity index (χ2n) is 9.36. The van der Waals surface area contributed by atoms with Gasteiger partial charge in [-0.1, -0.05) is 50.8 Å². The van der Waals surface area contributed by atoms with E-state index in [-0.39, 0.29) is 30.3 Å². The van der Waals surface area contributed by atoms with Gasteiger partial charge < -0.3 is 24.4 Å². The molecule has 2 aromatic rings. The smallest absolute Gasteiger partial charge is 0.247 e. The fourth-order valence-corrected chi connectivity index (χ4v) is 4.84. The molecule has 0 aromatic heterocycles. The lowest BCUT2D eigenvalue weighted by Gasteiger charge is -2.32. The van der Waals surface area contributed by atoms with Gasteiger partial charge in [0.2, 0.25) is 11.8 Å². The summed E-state index contributed by atoms with van der Waals surface area (Å²) in [5, 5.41) is 3.24. The van der Waals surface area contributed by atoms with E-state index in [1.165, 1.54) is 12.8 Å². The molecule has 37 heavy (non-hydrogen) atoms. The highest BCUT2D eigenvalue weighted by atomic mass is 35.5. The fourth-order valence-electron chi connectivity index (χ4n) is 4.69. The molecule has 202 valence electrons. The zero-order chi connectivity index (χ0) is 26.6. The highest BCUT2D eigenvalue weighted by Crippen LogP contribution is 2.34. The van der Waals surface area contributed by atoms with Crippen LogP contribution in [0.2, 0.25) is 0 Å². The van der Waals surface area contributed by atoms with E-state index in [0.29, 0.717) is 29.4 Å². The molecule has 1 saturated carbocycles. The summed E-state index contributed by atoms with van der Waals surface area (Å²) in [7, 11) is 3.17. The number of halogens is 1. The number of nitrogens with zero attached hydrogens (tertiary/aromatic N) is 1. The molecule has 3 rings (SSSR count). The lowest BCUT2D eigenvalue weighted by molar-refractivity contribution is -0.140. The Morgan fingerprint density at radius 3 is 2.30 bits per heavy atom.